The molecule has 0 unspecified atom stereocenters. The maximum Gasteiger partial charge on any atom is 0.131 e. The SMILES string of the molecule is Nc1ccc2nc(Nc3ccc4sccc4c3)ccc2c1. The molecule has 0 aliphatic heterocycles. The van der Waals surface area contributed by atoms with Crippen molar-refractivity contribution in [2.24, 2.45) is 0 Å². The first-order valence-corrected chi connectivity index (χ1v) is 7.56. The number of benzene rings is 2. The summed E-state index contributed by atoms with van der Waals surface area (Å²) >= 11 is 1.75. The van der Waals surface area contributed by atoms with E-state index >= 15 is 0 Å². The van der Waals surface area contributed by atoms with E-state index in [0.29, 0.717) is 0 Å². The summed E-state index contributed by atoms with van der Waals surface area (Å²) in [5, 5.41) is 7.76. The van der Waals surface area contributed by atoms with Crippen LogP contribution in [0.5, 0.6) is 0 Å². The van der Waals surface area contributed by atoms with Gasteiger partial charge >= 0.3 is 0 Å². The first-order valence-electron chi connectivity index (χ1n) is 6.68. The van der Waals surface area contributed by atoms with E-state index in [1.54, 1.807) is 11.3 Å². The number of hydrogen-bond donors (Lipinski definition) is 2. The van der Waals surface area contributed by atoms with Crippen molar-refractivity contribution < 1.29 is 0 Å². The molecule has 0 aliphatic carbocycles. The van der Waals surface area contributed by atoms with Crippen LogP contribution >= 0.6 is 11.3 Å². The lowest BCUT2D eigenvalue weighted by Crippen LogP contribution is -1.94. The number of thiophene rings is 1. The molecule has 21 heavy (non-hydrogen) atoms. The molecular formula is C17H13N3S. The van der Waals surface area contributed by atoms with Crippen LogP contribution in [0.3, 0.4) is 0 Å². The summed E-state index contributed by atoms with van der Waals surface area (Å²) in [6.45, 7) is 0. The van der Waals surface area contributed by atoms with Crippen LogP contribution in [0.25, 0.3) is 21.0 Å². The van der Waals surface area contributed by atoms with Crippen molar-refractivity contribution in [1.29, 1.82) is 0 Å². The molecular weight excluding hydrogens is 278 g/mol. The molecule has 0 saturated carbocycles. The number of nitrogens with zero attached hydrogens (tertiary/aromatic N) is 1. The van der Waals surface area contributed by atoms with E-state index in [-0.39, 0.29) is 0 Å². The first-order chi connectivity index (χ1) is 10.3. The maximum absolute atomic E-state index is 5.79. The molecule has 0 saturated heterocycles. The third kappa shape index (κ3) is 2.30. The van der Waals surface area contributed by atoms with Gasteiger partial charge in [-0.15, -0.1) is 11.3 Å². The minimum Gasteiger partial charge on any atom is -0.399 e. The number of pyridine rings is 1. The molecule has 3 nitrogen and oxygen atoms in total. The summed E-state index contributed by atoms with van der Waals surface area (Å²) in [4.78, 5) is 4.62. The summed E-state index contributed by atoms with van der Waals surface area (Å²) in [7, 11) is 0. The smallest absolute Gasteiger partial charge is 0.131 e. The molecule has 4 rings (SSSR count). The molecule has 0 aliphatic rings. The second-order valence-electron chi connectivity index (χ2n) is 4.95. The average molecular weight is 291 g/mol. The van der Waals surface area contributed by atoms with E-state index in [4.69, 9.17) is 5.73 Å². The van der Waals surface area contributed by atoms with E-state index in [1.165, 1.54) is 10.1 Å². The number of nitrogens with one attached hydrogen (secondary N) is 1. The van der Waals surface area contributed by atoms with Crippen LogP contribution in [0.2, 0.25) is 0 Å². The lowest BCUT2D eigenvalue weighted by Gasteiger charge is -2.07. The van der Waals surface area contributed by atoms with Gasteiger partial charge in [-0.1, -0.05) is 0 Å². The minimum atomic E-state index is 0.757. The summed E-state index contributed by atoms with van der Waals surface area (Å²) in [5.74, 6) is 0.835. The first kappa shape index (κ1) is 12.2. The lowest BCUT2D eigenvalue weighted by molar-refractivity contribution is 1.38. The molecule has 3 N–H and O–H groups in total. The zero-order chi connectivity index (χ0) is 14.2. The van der Waals surface area contributed by atoms with Gasteiger partial charge in [0.1, 0.15) is 5.82 Å². The number of anilines is 3. The second kappa shape index (κ2) is 4.75. The van der Waals surface area contributed by atoms with Gasteiger partial charge in [0.05, 0.1) is 5.52 Å². The predicted octanol–water partition coefficient (Wildman–Crippen LogP) is 4.78. The van der Waals surface area contributed by atoms with Gasteiger partial charge in [0.25, 0.3) is 0 Å². The molecule has 2 heterocycles. The fourth-order valence-corrected chi connectivity index (χ4v) is 3.18. The van der Waals surface area contributed by atoms with Crippen LogP contribution in [0.15, 0.2) is 60.0 Å². The molecule has 4 aromatic rings. The Balaban J connectivity index is 1.71. The van der Waals surface area contributed by atoms with E-state index in [0.717, 1.165) is 28.1 Å². The van der Waals surface area contributed by atoms with Crippen LogP contribution in [-0.4, -0.2) is 4.98 Å². The van der Waals surface area contributed by atoms with Crippen LogP contribution in [0.4, 0.5) is 17.2 Å². The zero-order valence-corrected chi connectivity index (χ0v) is 12.0. The number of aromatic nitrogens is 1. The van der Waals surface area contributed by atoms with Crippen LogP contribution in [-0.2, 0) is 0 Å². The molecule has 0 amide bonds. The Hall–Kier alpha value is -2.59. The van der Waals surface area contributed by atoms with Gasteiger partial charge in [-0.3, -0.25) is 0 Å². The van der Waals surface area contributed by atoms with Crippen molar-refractivity contribution in [2.45, 2.75) is 0 Å². The Morgan fingerprint density at radius 2 is 1.86 bits per heavy atom. The van der Waals surface area contributed by atoms with Crippen LogP contribution in [0.1, 0.15) is 0 Å². The highest BCUT2D eigenvalue weighted by Crippen LogP contribution is 2.26. The van der Waals surface area contributed by atoms with Crippen LogP contribution in [0, 0.1) is 0 Å². The largest absolute Gasteiger partial charge is 0.399 e. The molecule has 2 aromatic heterocycles. The molecule has 2 aromatic carbocycles. The Kier molecular flexibility index (Phi) is 2.75. The van der Waals surface area contributed by atoms with E-state index in [9.17, 15) is 0 Å². The normalized spacial score (nSPS) is 11.0. The van der Waals surface area contributed by atoms with Crippen molar-refractivity contribution in [3.63, 3.8) is 0 Å². The maximum atomic E-state index is 5.79. The van der Waals surface area contributed by atoms with Crippen molar-refractivity contribution in [3.05, 3.63) is 60.0 Å². The predicted molar refractivity (Wildman–Crippen MR) is 91.3 cm³/mol. The fourth-order valence-electron chi connectivity index (χ4n) is 2.41. The Morgan fingerprint density at radius 3 is 2.81 bits per heavy atom. The fraction of sp³-hybridized carbons (Fsp3) is 0. The van der Waals surface area contributed by atoms with E-state index < -0.39 is 0 Å². The average Bonchev–Trinajstić information content (AvgIpc) is 2.95. The molecule has 0 bridgehead atoms. The van der Waals surface area contributed by atoms with Gasteiger partial charge in [-0.25, -0.2) is 4.98 Å². The standard InChI is InChI=1S/C17H13N3S/c18-13-2-4-15-11(9-13)1-6-17(20-15)19-14-3-5-16-12(10-14)7-8-21-16/h1-10H,18H2,(H,19,20). The van der Waals surface area contributed by atoms with Gasteiger partial charge in [-0.05, 0) is 65.4 Å². The third-order valence-corrected chi connectivity index (χ3v) is 4.34. The summed E-state index contributed by atoms with van der Waals surface area (Å²) < 4.78 is 1.29. The Morgan fingerprint density at radius 1 is 0.905 bits per heavy atom. The molecule has 0 radical (unpaired) electrons. The van der Waals surface area contributed by atoms with Gasteiger partial charge < -0.3 is 11.1 Å². The molecule has 0 fully saturated rings. The van der Waals surface area contributed by atoms with Crippen molar-refractivity contribution in [1.82, 2.24) is 4.98 Å². The molecule has 0 atom stereocenters. The van der Waals surface area contributed by atoms with E-state index in [2.05, 4.69) is 39.9 Å². The number of hydrogen-bond acceptors (Lipinski definition) is 4. The van der Waals surface area contributed by atoms with Crippen molar-refractivity contribution in [2.75, 3.05) is 11.1 Å². The van der Waals surface area contributed by atoms with E-state index in [1.807, 2.05) is 30.3 Å². The second-order valence-corrected chi connectivity index (χ2v) is 5.89. The summed E-state index contributed by atoms with van der Waals surface area (Å²) in [6, 6.07) is 18.2. The Labute approximate surface area is 126 Å². The number of rotatable bonds is 2. The van der Waals surface area contributed by atoms with Gasteiger partial charge in [0.2, 0.25) is 0 Å². The highest BCUT2D eigenvalue weighted by atomic mass is 32.1. The van der Waals surface area contributed by atoms with Crippen molar-refractivity contribution in [3.8, 4) is 0 Å². The third-order valence-electron chi connectivity index (χ3n) is 3.44. The zero-order valence-electron chi connectivity index (χ0n) is 11.2. The number of fused-ring (bicyclic) bond motifs is 2. The quantitative estimate of drug-likeness (QED) is 0.523. The molecule has 0 spiro atoms. The van der Waals surface area contributed by atoms with Gasteiger partial charge in [-0.2, -0.15) is 0 Å². The monoisotopic (exact) mass is 291 g/mol. The highest BCUT2D eigenvalue weighted by molar-refractivity contribution is 7.17. The number of nitrogen functional groups attached to an aromatic ring is 1. The van der Waals surface area contributed by atoms with Crippen LogP contribution < -0.4 is 11.1 Å². The highest BCUT2D eigenvalue weighted by Gasteiger charge is 2.01. The molecule has 4 heteroatoms. The van der Waals surface area contributed by atoms with Gasteiger partial charge in [0.15, 0.2) is 0 Å². The van der Waals surface area contributed by atoms with Crippen molar-refractivity contribution >= 4 is 49.5 Å². The minimum absolute atomic E-state index is 0.757. The summed E-state index contributed by atoms with van der Waals surface area (Å²) in [5.41, 5.74) is 8.52. The topological polar surface area (TPSA) is 50.9 Å². The van der Waals surface area contributed by atoms with Gasteiger partial charge in [0, 0.05) is 21.5 Å². The Bertz CT molecular complexity index is 943. The lowest BCUT2D eigenvalue weighted by atomic mass is 10.2. The molecule has 102 valence electrons. The summed E-state index contributed by atoms with van der Waals surface area (Å²) in [6.07, 6.45) is 0. The number of nitrogens with two attached hydrogens (primary N) is 1.